The lowest BCUT2D eigenvalue weighted by molar-refractivity contribution is -0.119. The van der Waals surface area contributed by atoms with Gasteiger partial charge in [-0.1, -0.05) is 20.8 Å². The molecule has 2 nitrogen and oxygen atoms in total. The van der Waals surface area contributed by atoms with E-state index in [1.165, 1.54) is 0 Å². The van der Waals surface area contributed by atoms with Crippen LogP contribution in [-0.4, -0.2) is 20.2 Å². The third-order valence-electron chi connectivity index (χ3n) is 3.99. The number of carbonyl (C=O) groups excluding carboxylic acids is 1. The van der Waals surface area contributed by atoms with E-state index in [1.54, 1.807) is 0 Å². The van der Waals surface area contributed by atoms with Crippen LogP contribution in [0.5, 0.6) is 0 Å². The molecule has 0 aromatic rings. The lowest BCUT2D eigenvalue weighted by Crippen LogP contribution is -2.43. The molecule has 0 saturated heterocycles. The molecule has 0 spiro atoms. The van der Waals surface area contributed by atoms with E-state index in [2.05, 4.69) is 33.9 Å². The van der Waals surface area contributed by atoms with Gasteiger partial charge in [-0.3, -0.25) is 4.79 Å². The van der Waals surface area contributed by atoms with Crippen molar-refractivity contribution < 1.29 is 9.22 Å². The van der Waals surface area contributed by atoms with E-state index in [4.69, 9.17) is 4.43 Å². The summed E-state index contributed by atoms with van der Waals surface area (Å²) in [5, 5.41) is 0.267. The third kappa shape index (κ3) is 3.70. The monoisotopic (exact) mass is 242 g/mol. The topological polar surface area (TPSA) is 26.3 Å². The maximum absolute atomic E-state index is 11.3. The molecule has 1 fully saturated rings. The summed E-state index contributed by atoms with van der Waals surface area (Å²) < 4.78 is 6.36. The smallest absolute Gasteiger partial charge is 0.192 e. The molecular weight excluding hydrogens is 216 g/mol. The minimum Gasteiger partial charge on any atom is -0.414 e. The molecule has 94 valence electrons. The molecule has 0 bridgehead atoms. The highest BCUT2D eigenvalue weighted by molar-refractivity contribution is 6.74. The van der Waals surface area contributed by atoms with Crippen LogP contribution in [0.25, 0.3) is 0 Å². The second-order valence-electron chi connectivity index (χ2n) is 6.47. The molecule has 0 N–H and O–H groups in total. The fraction of sp³-hybridized carbons (Fsp3) is 0.923. The van der Waals surface area contributed by atoms with Crippen LogP contribution in [0.15, 0.2) is 0 Å². The second kappa shape index (κ2) is 5.01. The Hall–Kier alpha value is -0.153. The highest BCUT2D eigenvalue weighted by atomic mass is 28.4. The van der Waals surface area contributed by atoms with Crippen molar-refractivity contribution in [2.75, 3.05) is 0 Å². The lowest BCUT2D eigenvalue weighted by atomic mass is 10.2. The van der Waals surface area contributed by atoms with Crippen molar-refractivity contribution in [2.45, 2.75) is 77.1 Å². The summed E-state index contributed by atoms with van der Waals surface area (Å²) in [5.41, 5.74) is 0. The van der Waals surface area contributed by atoms with Gasteiger partial charge in [0, 0.05) is 18.9 Å². The highest BCUT2D eigenvalue weighted by Crippen LogP contribution is 2.38. The van der Waals surface area contributed by atoms with E-state index >= 15 is 0 Å². The predicted octanol–water partition coefficient (Wildman–Crippen LogP) is 3.91. The summed E-state index contributed by atoms with van der Waals surface area (Å²) in [4.78, 5) is 11.3. The molecule has 1 rings (SSSR count). The highest BCUT2D eigenvalue weighted by Gasteiger charge is 2.39. The maximum Gasteiger partial charge on any atom is 0.192 e. The molecule has 1 aliphatic carbocycles. The van der Waals surface area contributed by atoms with Gasteiger partial charge in [0.1, 0.15) is 5.78 Å². The van der Waals surface area contributed by atoms with Crippen LogP contribution in [0.2, 0.25) is 18.1 Å². The molecule has 16 heavy (non-hydrogen) atoms. The minimum atomic E-state index is -1.65. The van der Waals surface area contributed by atoms with Gasteiger partial charge in [-0.05, 0) is 37.4 Å². The Morgan fingerprint density at radius 3 is 2.38 bits per heavy atom. The van der Waals surface area contributed by atoms with Gasteiger partial charge < -0.3 is 4.43 Å². The van der Waals surface area contributed by atoms with Gasteiger partial charge in [0.15, 0.2) is 8.32 Å². The fourth-order valence-electron chi connectivity index (χ4n) is 1.83. The Morgan fingerprint density at radius 1 is 1.19 bits per heavy atom. The van der Waals surface area contributed by atoms with Crippen LogP contribution >= 0.6 is 0 Å². The van der Waals surface area contributed by atoms with Crippen molar-refractivity contribution in [2.24, 2.45) is 0 Å². The van der Waals surface area contributed by atoms with Crippen LogP contribution in [0, 0.1) is 0 Å². The molecule has 1 atom stereocenters. The van der Waals surface area contributed by atoms with E-state index in [0.29, 0.717) is 11.9 Å². The van der Waals surface area contributed by atoms with Crippen molar-refractivity contribution >= 4 is 14.1 Å². The first-order valence-corrected chi connectivity index (χ1v) is 9.33. The number of ketones is 1. The van der Waals surface area contributed by atoms with E-state index in [-0.39, 0.29) is 5.04 Å². The summed E-state index contributed by atoms with van der Waals surface area (Å²) in [6.45, 7) is 11.4. The Bertz CT molecular complexity index is 253. The van der Waals surface area contributed by atoms with Crippen LogP contribution < -0.4 is 0 Å². The normalized spacial score (nSPS) is 24.3. The minimum absolute atomic E-state index is 0.267. The van der Waals surface area contributed by atoms with Crippen molar-refractivity contribution in [3.8, 4) is 0 Å². The first-order chi connectivity index (χ1) is 7.22. The molecule has 0 unspecified atom stereocenters. The zero-order valence-electron chi connectivity index (χ0n) is 11.4. The lowest BCUT2D eigenvalue weighted by Gasteiger charge is -2.39. The SMILES string of the molecule is CC(C)(C)[Si](C)(C)O[C@@H]1CCCC(=O)CC1. The zero-order chi connectivity index (χ0) is 12.4. The third-order valence-corrected chi connectivity index (χ3v) is 8.53. The quantitative estimate of drug-likeness (QED) is 0.542. The van der Waals surface area contributed by atoms with Crippen molar-refractivity contribution in [1.82, 2.24) is 0 Å². The van der Waals surface area contributed by atoms with Crippen LogP contribution in [0.4, 0.5) is 0 Å². The number of hydrogen-bond donors (Lipinski definition) is 0. The van der Waals surface area contributed by atoms with Gasteiger partial charge in [-0.15, -0.1) is 0 Å². The molecular formula is C13H26O2Si. The summed E-state index contributed by atoms with van der Waals surface area (Å²) in [6, 6.07) is 0. The standard InChI is InChI=1S/C13H26O2Si/c1-13(2,3)16(4,5)15-12-8-6-7-11(14)9-10-12/h12H,6-10H2,1-5H3/t12-/m1/s1. The number of carbonyl (C=O) groups is 1. The first-order valence-electron chi connectivity index (χ1n) is 6.42. The Morgan fingerprint density at radius 2 is 1.81 bits per heavy atom. The Kier molecular flexibility index (Phi) is 4.35. The zero-order valence-corrected chi connectivity index (χ0v) is 12.4. The van der Waals surface area contributed by atoms with Gasteiger partial charge in [0.05, 0.1) is 0 Å². The van der Waals surface area contributed by atoms with Crippen LogP contribution in [0.3, 0.4) is 0 Å². The first kappa shape index (κ1) is 13.9. The molecule has 0 amide bonds. The molecule has 0 aromatic carbocycles. The molecule has 3 heteroatoms. The van der Waals surface area contributed by atoms with Crippen LogP contribution in [-0.2, 0) is 9.22 Å². The maximum atomic E-state index is 11.3. The summed E-state index contributed by atoms with van der Waals surface area (Å²) in [7, 11) is -1.65. The molecule has 1 aliphatic rings. The predicted molar refractivity (Wildman–Crippen MR) is 70.2 cm³/mol. The van der Waals surface area contributed by atoms with Gasteiger partial charge in [0.25, 0.3) is 0 Å². The number of rotatable bonds is 2. The summed E-state index contributed by atoms with van der Waals surface area (Å²) in [5.74, 6) is 0.418. The molecule has 0 aliphatic heterocycles. The van der Waals surface area contributed by atoms with Gasteiger partial charge in [0.2, 0.25) is 0 Å². The summed E-state index contributed by atoms with van der Waals surface area (Å²) >= 11 is 0. The average Bonchev–Trinajstić information content (AvgIpc) is 2.28. The Balaban J connectivity index is 2.56. The summed E-state index contributed by atoms with van der Waals surface area (Å²) in [6.07, 6.45) is 4.82. The van der Waals surface area contributed by atoms with E-state index in [9.17, 15) is 4.79 Å². The average molecular weight is 242 g/mol. The van der Waals surface area contributed by atoms with E-state index in [0.717, 1.165) is 32.1 Å². The van der Waals surface area contributed by atoms with Crippen molar-refractivity contribution in [1.29, 1.82) is 0 Å². The molecule has 0 radical (unpaired) electrons. The molecule has 0 heterocycles. The van der Waals surface area contributed by atoms with Crippen molar-refractivity contribution in [3.05, 3.63) is 0 Å². The van der Waals surface area contributed by atoms with Crippen LogP contribution in [0.1, 0.15) is 52.9 Å². The second-order valence-corrected chi connectivity index (χ2v) is 11.2. The van der Waals surface area contributed by atoms with Gasteiger partial charge in [-0.25, -0.2) is 0 Å². The number of Topliss-reactive ketones (excluding diaryl/α,β-unsaturated/α-hetero) is 1. The molecule has 0 aromatic heterocycles. The Labute approximate surface area is 101 Å². The molecule has 1 saturated carbocycles. The van der Waals surface area contributed by atoms with Gasteiger partial charge >= 0.3 is 0 Å². The largest absolute Gasteiger partial charge is 0.414 e. The fourth-order valence-corrected chi connectivity index (χ4v) is 3.25. The van der Waals surface area contributed by atoms with E-state index < -0.39 is 8.32 Å². The van der Waals surface area contributed by atoms with E-state index in [1.807, 2.05) is 0 Å². The van der Waals surface area contributed by atoms with Crippen molar-refractivity contribution in [3.63, 3.8) is 0 Å². The number of hydrogen-bond acceptors (Lipinski definition) is 2. The van der Waals surface area contributed by atoms with Gasteiger partial charge in [-0.2, -0.15) is 0 Å².